The number of hydrogen-bond donors (Lipinski definition) is 1. The summed E-state index contributed by atoms with van der Waals surface area (Å²) in [6, 6.07) is 6.61. The van der Waals surface area contributed by atoms with Gasteiger partial charge in [0.2, 0.25) is 0 Å². The van der Waals surface area contributed by atoms with E-state index in [1.54, 1.807) is 0 Å². The van der Waals surface area contributed by atoms with Crippen molar-refractivity contribution in [3.8, 4) is 0 Å². The summed E-state index contributed by atoms with van der Waals surface area (Å²) < 4.78 is 16.0. The van der Waals surface area contributed by atoms with Gasteiger partial charge in [-0.05, 0) is 24.6 Å². The van der Waals surface area contributed by atoms with E-state index in [-0.39, 0.29) is 0 Å². The molecule has 1 aromatic carbocycles. The summed E-state index contributed by atoms with van der Waals surface area (Å²) in [5.41, 5.74) is 3.71. The lowest BCUT2D eigenvalue weighted by atomic mass is 10.1. The van der Waals surface area contributed by atoms with Crippen LogP contribution in [0.4, 0.5) is 11.4 Å². The minimum atomic E-state index is 0.390. The first kappa shape index (κ1) is 13.4. The Bertz CT molecular complexity index is 496. The summed E-state index contributed by atoms with van der Waals surface area (Å²) in [6.07, 6.45) is 1.17. The van der Waals surface area contributed by atoms with Gasteiger partial charge in [-0.2, -0.15) is 0 Å². The Hall–Kier alpha value is -1.30. The Labute approximate surface area is 125 Å². The lowest BCUT2D eigenvalue weighted by Crippen LogP contribution is -2.31. The van der Waals surface area contributed by atoms with Crippen molar-refractivity contribution in [2.45, 2.75) is 25.2 Å². The van der Waals surface area contributed by atoms with Gasteiger partial charge in [0.05, 0.1) is 38.1 Å². The van der Waals surface area contributed by atoms with Gasteiger partial charge < -0.3 is 24.4 Å². The highest BCUT2D eigenvalue weighted by atomic mass is 16.6. The normalized spacial score (nSPS) is 29.1. The molecule has 3 saturated heterocycles. The molecule has 3 atom stereocenters. The molecule has 4 rings (SSSR count). The number of epoxide rings is 3. The molecule has 0 bridgehead atoms. The van der Waals surface area contributed by atoms with E-state index in [2.05, 4.69) is 35.3 Å². The molecule has 3 aliphatic heterocycles. The van der Waals surface area contributed by atoms with Crippen molar-refractivity contribution >= 4 is 11.4 Å². The van der Waals surface area contributed by atoms with E-state index in [1.165, 1.54) is 16.9 Å². The van der Waals surface area contributed by atoms with E-state index in [1.807, 2.05) is 0 Å². The van der Waals surface area contributed by atoms with Crippen LogP contribution < -0.4 is 10.2 Å². The second-order valence-corrected chi connectivity index (χ2v) is 6.15. The Morgan fingerprint density at radius 2 is 1.67 bits per heavy atom. The molecule has 1 N–H and O–H groups in total. The molecule has 0 aliphatic carbocycles. The quantitative estimate of drug-likeness (QED) is 0.734. The molecule has 3 fully saturated rings. The van der Waals surface area contributed by atoms with Crippen LogP contribution in [0.5, 0.6) is 0 Å². The number of benzene rings is 1. The molecule has 5 heteroatoms. The van der Waals surface area contributed by atoms with Crippen molar-refractivity contribution in [3.63, 3.8) is 0 Å². The molecule has 0 amide bonds. The molecule has 0 saturated carbocycles. The van der Waals surface area contributed by atoms with Gasteiger partial charge in [0, 0.05) is 31.0 Å². The van der Waals surface area contributed by atoms with E-state index in [9.17, 15) is 0 Å². The third-order valence-electron chi connectivity index (χ3n) is 4.16. The molecule has 1 aromatic rings. The van der Waals surface area contributed by atoms with E-state index in [0.717, 1.165) is 39.5 Å². The van der Waals surface area contributed by atoms with Gasteiger partial charge in [-0.3, -0.25) is 0 Å². The maximum absolute atomic E-state index is 5.39. The van der Waals surface area contributed by atoms with Gasteiger partial charge in [0.15, 0.2) is 0 Å². The predicted octanol–water partition coefficient (Wildman–Crippen LogP) is 1.41. The molecule has 5 nitrogen and oxygen atoms in total. The monoisotopic (exact) mass is 290 g/mol. The van der Waals surface area contributed by atoms with Crippen LogP contribution in [0.2, 0.25) is 0 Å². The Balaban J connectivity index is 1.48. The first-order valence-corrected chi connectivity index (χ1v) is 7.72. The third-order valence-corrected chi connectivity index (χ3v) is 4.16. The van der Waals surface area contributed by atoms with Crippen molar-refractivity contribution in [2.24, 2.45) is 0 Å². The van der Waals surface area contributed by atoms with Crippen LogP contribution >= 0.6 is 0 Å². The molecule has 0 spiro atoms. The molecule has 0 aromatic heterocycles. The van der Waals surface area contributed by atoms with Crippen LogP contribution in [0, 0.1) is 6.92 Å². The zero-order valence-electron chi connectivity index (χ0n) is 12.4. The largest absolute Gasteiger partial charge is 0.382 e. The van der Waals surface area contributed by atoms with Crippen LogP contribution in [0.25, 0.3) is 0 Å². The minimum Gasteiger partial charge on any atom is -0.382 e. The number of aryl methyl sites for hydroxylation is 1. The molecular weight excluding hydrogens is 268 g/mol. The van der Waals surface area contributed by atoms with E-state index in [0.29, 0.717) is 18.3 Å². The van der Waals surface area contributed by atoms with Crippen molar-refractivity contribution < 1.29 is 14.2 Å². The fourth-order valence-corrected chi connectivity index (χ4v) is 2.53. The fraction of sp³-hybridized carbons (Fsp3) is 0.625. The first-order valence-electron chi connectivity index (χ1n) is 7.72. The standard InChI is InChI=1S/C16H22N2O3/c1-11-2-3-12(4-16(11)17-5-13-8-19-13)18(6-14-9-20-14)7-15-10-21-15/h2-4,13-15,17H,5-10H2,1H3. The average Bonchev–Trinajstić information content (AvgIpc) is 3.34. The smallest absolute Gasteiger partial charge is 0.0984 e. The summed E-state index contributed by atoms with van der Waals surface area (Å²) in [5, 5.41) is 3.49. The van der Waals surface area contributed by atoms with Crippen molar-refractivity contribution in [2.75, 3.05) is 49.7 Å². The van der Waals surface area contributed by atoms with Crippen LogP contribution in [0.1, 0.15) is 5.56 Å². The van der Waals surface area contributed by atoms with Crippen LogP contribution in [0.3, 0.4) is 0 Å². The van der Waals surface area contributed by atoms with Gasteiger partial charge >= 0.3 is 0 Å². The SMILES string of the molecule is Cc1ccc(N(CC2CO2)CC2CO2)cc1NCC1CO1. The van der Waals surface area contributed by atoms with Gasteiger partial charge in [-0.15, -0.1) is 0 Å². The first-order chi connectivity index (χ1) is 10.3. The Morgan fingerprint density at radius 3 is 2.24 bits per heavy atom. The van der Waals surface area contributed by atoms with Crippen LogP contribution in [-0.2, 0) is 14.2 Å². The summed E-state index contributed by atoms with van der Waals surface area (Å²) in [5.74, 6) is 0. The number of nitrogens with zero attached hydrogens (tertiary/aromatic N) is 1. The molecule has 114 valence electrons. The maximum Gasteiger partial charge on any atom is 0.0984 e. The molecule has 3 unspecified atom stereocenters. The molecular formula is C16H22N2O3. The summed E-state index contributed by atoms with van der Waals surface area (Å²) >= 11 is 0. The lowest BCUT2D eigenvalue weighted by Gasteiger charge is -2.24. The van der Waals surface area contributed by atoms with Gasteiger partial charge in [-0.1, -0.05) is 6.07 Å². The van der Waals surface area contributed by atoms with Crippen molar-refractivity contribution in [3.05, 3.63) is 23.8 Å². The topological polar surface area (TPSA) is 52.9 Å². The lowest BCUT2D eigenvalue weighted by molar-refractivity contribution is 0.389. The number of hydrogen-bond acceptors (Lipinski definition) is 5. The van der Waals surface area contributed by atoms with Crippen molar-refractivity contribution in [1.82, 2.24) is 0 Å². The second kappa shape index (κ2) is 5.48. The summed E-state index contributed by atoms with van der Waals surface area (Å²) in [6.45, 7) is 7.59. The third kappa shape index (κ3) is 3.67. The molecule has 3 heterocycles. The zero-order chi connectivity index (χ0) is 14.2. The van der Waals surface area contributed by atoms with Gasteiger partial charge in [0.25, 0.3) is 0 Å². The molecule has 21 heavy (non-hydrogen) atoms. The average molecular weight is 290 g/mol. The Kier molecular flexibility index (Phi) is 3.49. The van der Waals surface area contributed by atoms with Crippen LogP contribution in [0.15, 0.2) is 18.2 Å². The number of nitrogens with one attached hydrogen (secondary N) is 1. The molecule has 3 aliphatic rings. The highest BCUT2D eigenvalue weighted by Crippen LogP contribution is 2.27. The van der Waals surface area contributed by atoms with E-state index in [4.69, 9.17) is 14.2 Å². The fourth-order valence-electron chi connectivity index (χ4n) is 2.53. The second-order valence-electron chi connectivity index (χ2n) is 6.15. The maximum atomic E-state index is 5.39. The number of ether oxygens (including phenoxy) is 3. The van der Waals surface area contributed by atoms with Gasteiger partial charge in [0.1, 0.15) is 0 Å². The molecule has 0 radical (unpaired) electrons. The zero-order valence-corrected chi connectivity index (χ0v) is 12.4. The number of anilines is 2. The Morgan fingerprint density at radius 1 is 1.05 bits per heavy atom. The van der Waals surface area contributed by atoms with E-state index < -0.39 is 0 Å². The predicted molar refractivity (Wildman–Crippen MR) is 81.1 cm³/mol. The highest BCUT2D eigenvalue weighted by Gasteiger charge is 2.31. The minimum absolute atomic E-state index is 0.390. The van der Waals surface area contributed by atoms with Crippen molar-refractivity contribution in [1.29, 1.82) is 0 Å². The highest BCUT2D eigenvalue weighted by molar-refractivity contribution is 5.62. The summed E-state index contributed by atoms with van der Waals surface area (Å²) in [4.78, 5) is 2.38. The van der Waals surface area contributed by atoms with Gasteiger partial charge in [-0.25, -0.2) is 0 Å². The number of rotatable bonds is 8. The summed E-state index contributed by atoms with van der Waals surface area (Å²) in [7, 11) is 0. The van der Waals surface area contributed by atoms with E-state index >= 15 is 0 Å². The van der Waals surface area contributed by atoms with Crippen LogP contribution in [-0.4, -0.2) is 57.8 Å².